The number of ether oxygens (including phenoxy) is 1. The van der Waals surface area contributed by atoms with Crippen LogP contribution in [0.25, 0.3) is 0 Å². The van der Waals surface area contributed by atoms with Crippen molar-refractivity contribution in [1.29, 1.82) is 0 Å². The first-order valence-corrected chi connectivity index (χ1v) is 13.4. The van der Waals surface area contributed by atoms with Crippen molar-refractivity contribution in [2.24, 2.45) is 11.5 Å². The quantitative estimate of drug-likeness (QED) is 0.284. The van der Waals surface area contributed by atoms with E-state index in [1.54, 1.807) is 30.3 Å². The van der Waals surface area contributed by atoms with Crippen LogP contribution in [-0.2, 0) is 36.5 Å². The molecule has 13 heteroatoms. The van der Waals surface area contributed by atoms with Gasteiger partial charge in [-0.25, -0.2) is 4.79 Å². The summed E-state index contributed by atoms with van der Waals surface area (Å²) >= 11 is 0. The molecule has 1 heterocycles. The zero-order chi connectivity index (χ0) is 30.5. The van der Waals surface area contributed by atoms with Crippen LogP contribution in [0.2, 0.25) is 0 Å². The maximum atomic E-state index is 14.3. The number of amides is 1. The highest BCUT2D eigenvalue weighted by atomic mass is 35.5. The summed E-state index contributed by atoms with van der Waals surface area (Å²) < 4.78 is 90.9. The normalized spacial score (nSPS) is 15.7. The van der Waals surface area contributed by atoms with Crippen LogP contribution in [-0.4, -0.2) is 43.7 Å². The molecule has 234 valence electrons. The monoisotopic (exact) mass is 630 g/mol. The average molecular weight is 631 g/mol. The van der Waals surface area contributed by atoms with E-state index < -0.39 is 35.6 Å². The largest absolute Gasteiger partial charge is 0.445 e. The van der Waals surface area contributed by atoms with Crippen molar-refractivity contribution in [2.45, 2.75) is 37.8 Å². The van der Waals surface area contributed by atoms with Crippen molar-refractivity contribution in [3.8, 4) is 0 Å². The number of hydrogen-bond donors (Lipinski definition) is 2. The van der Waals surface area contributed by atoms with E-state index in [9.17, 15) is 31.1 Å². The van der Waals surface area contributed by atoms with Crippen LogP contribution in [0.1, 0.15) is 39.4 Å². The summed E-state index contributed by atoms with van der Waals surface area (Å²) in [6, 6.07) is 15.1. The minimum absolute atomic E-state index is 0. The van der Waals surface area contributed by atoms with Crippen molar-refractivity contribution in [1.82, 2.24) is 4.90 Å². The number of piperazine rings is 1. The molecule has 1 unspecified atom stereocenters. The van der Waals surface area contributed by atoms with Gasteiger partial charge in [0.2, 0.25) is 0 Å². The Kier molecular flexibility index (Phi) is 11.3. The van der Waals surface area contributed by atoms with Gasteiger partial charge >= 0.3 is 18.4 Å². The number of halogens is 7. The van der Waals surface area contributed by atoms with Crippen LogP contribution < -0.4 is 16.4 Å². The number of rotatable bonds is 8. The van der Waals surface area contributed by atoms with Crippen LogP contribution in [0.5, 0.6) is 0 Å². The SMILES string of the molecule is Cl.NCCc1ccc(C2CN(c3ccc(CCN)cc3C(F)(F)F)CCN2C(=O)OCc2ccccc2)c(C(F)(F)F)c1. The summed E-state index contributed by atoms with van der Waals surface area (Å²) in [4.78, 5) is 15.8. The first kappa shape index (κ1) is 34.0. The number of alkyl halides is 6. The summed E-state index contributed by atoms with van der Waals surface area (Å²) in [5, 5.41) is 0. The highest BCUT2D eigenvalue weighted by Crippen LogP contribution is 2.42. The minimum Gasteiger partial charge on any atom is -0.445 e. The van der Waals surface area contributed by atoms with Gasteiger partial charge in [-0.2, -0.15) is 26.3 Å². The van der Waals surface area contributed by atoms with Gasteiger partial charge in [-0.1, -0.05) is 48.5 Å². The van der Waals surface area contributed by atoms with Crippen LogP contribution in [0.3, 0.4) is 0 Å². The molecular formula is C30H33ClF6N4O2. The number of hydrogen-bond acceptors (Lipinski definition) is 5. The number of nitrogens with zero attached hydrogens (tertiary/aromatic N) is 2. The van der Waals surface area contributed by atoms with Gasteiger partial charge in [0.25, 0.3) is 0 Å². The maximum Gasteiger partial charge on any atom is 0.418 e. The van der Waals surface area contributed by atoms with Gasteiger partial charge in [-0.3, -0.25) is 4.90 Å². The number of carbonyl (C=O) groups excluding carboxylic acids is 1. The molecule has 4 rings (SSSR count). The van der Waals surface area contributed by atoms with Crippen molar-refractivity contribution >= 4 is 24.2 Å². The lowest BCUT2D eigenvalue weighted by Crippen LogP contribution is -2.51. The fourth-order valence-electron chi connectivity index (χ4n) is 5.16. The summed E-state index contributed by atoms with van der Waals surface area (Å²) in [5.74, 6) is 0. The second-order valence-electron chi connectivity index (χ2n) is 10.0. The second kappa shape index (κ2) is 14.3. The average Bonchev–Trinajstić information content (AvgIpc) is 2.95. The molecule has 0 saturated carbocycles. The van der Waals surface area contributed by atoms with Gasteiger partial charge in [-0.15, -0.1) is 12.4 Å². The highest BCUT2D eigenvalue weighted by Gasteiger charge is 2.42. The Morgan fingerprint density at radius 1 is 0.791 bits per heavy atom. The summed E-state index contributed by atoms with van der Waals surface area (Å²) in [7, 11) is 0. The van der Waals surface area contributed by atoms with E-state index in [1.165, 1.54) is 29.2 Å². The Labute approximate surface area is 252 Å². The number of benzene rings is 3. The van der Waals surface area contributed by atoms with Crippen molar-refractivity contribution in [3.63, 3.8) is 0 Å². The number of anilines is 1. The van der Waals surface area contributed by atoms with E-state index in [0.29, 0.717) is 16.7 Å². The van der Waals surface area contributed by atoms with E-state index >= 15 is 0 Å². The van der Waals surface area contributed by atoms with E-state index in [2.05, 4.69) is 0 Å². The molecule has 43 heavy (non-hydrogen) atoms. The van der Waals surface area contributed by atoms with Gasteiger partial charge in [0.05, 0.1) is 17.2 Å². The molecule has 1 aliphatic rings. The lowest BCUT2D eigenvalue weighted by molar-refractivity contribution is -0.139. The second-order valence-corrected chi connectivity index (χ2v) is 10.0. The van der Waals surface area contributed by atoms with E-state index in [1.807, 2.05) is 0 Å². The molecule has 3 aromatic carbocycles. The molecule has 1 amide bonds. The molecule has 3 aromatic rings. The lowest BCUT2D eigenvalue weighted by atomic mass is 9.93. The zero-order valence-electron chi connectivity index (χ0n) is 23.1. The standard InChI is InChI=1S/C30H32F6N4O2.ClH/c31-29(32,33)24-16-20(10-12-37)6-8-23(24)27-18-39(26-9-7-21(11-13-38)17-25(26)30(34,35)36)14-15-40(27)28(41)42-19-22-4-2-1-3-5-22;/h1-9,16-17,27H,10-15,18-19,37-38H2;1H. The Bertz CT molecular complexity index is 1370. The maximum absolute atomic E-state index is 14.3. The molecule has 1 atom stereocenters. The van der Waals surface area contributed by atoms with Gasteiger partial charge in [0.15, 0.2) is 0 Å². The molecule has 1 saturated heterocycles. The Morgan fingerprint density at radius 2 is 1.37 bits per heavy atom. The van der Waals surface area contributed by atoms with Gasteiger partial charge in [0, 0.05) is 25.3 Å². The predicted octanol–water partition coefficient (Wildman–Crippen LogP) is 6.35. The summed E-state index contributed by atoms with van der Waals surface area (Å²) in [6.45, 7) is -0.367. The molecule has 6 nitrogen and oxygen atoms in total. The molecular weight excluding hydrogens is 598 g/mol. The molecule has 0 radical (unpaired) electrons. The number of nitrogens with two attached hydrogens (primary N) is 2. The van der Waals surface area contributed by atoms with Gasteiger partial charge in [0.1, 0.15) is 6.61 Å². The van der Waals surface area contributed by atoms with E-state index in [0.717, 1.165) is 17.0 Å². The Morgan fingerprint density at radius 3 is 1.95 bits per heavy atom. The third kappa shape index (κ3) is 8.33. The van der Waals surface area contributed by atoms with Crippen molar-refractivity contribution < 1.29 is 35.9 Å². The fraction of sp³-hybridized carbons (Fsp3) is 0.367. The van der Waals surface area contributed by atoms with E-state index in [-0.39, 0.29) is 75.8 Å². The van der Waals surface area contributed by atoms with Gasteiger partial charge < -0.3 is 21.1 Å². The van der Waals surface area contributed by atoms with Crippen LogP contribution in [0.15, 0.2) is 66.7 Å². The van der Waals surface area contributed by atoms with Gasteiger partial charge in [-0.05, 0) is 66.4 Å². The minimum atomic E-state index is -4.79. The summed E-state index contributed by atoms with van der Waals surface area (Å²) in [5.41, 5.74) is 10.2. The first-order chi connectivity index (χ1) is 19.9. The van der Waals surface area contributed by atoms with Crippen LogP contribution in [0, 0.1) is 0 Å². The highest BCUT2D eigenvalue weighted by molar-refractivity contribution is 5.85. The summed E-state index contributed by atoms with van der Waals surface area (Å²) in [6.07, 6.45) is -9.94. The molecule has 4 N–H and O–H groups in total. The molecule has 0 bridgehead atoms. The Hall–Kier alpha value is -3.48. The van der Waals surface area contributed by atoms with Crippen molar-refractivity contribution in [2.75, 3.05) is 37.6 Å². The zero-order valence-corrected chi connectivity index (χ0v) is 23.9. The fourth-order valence-corrected chi connectivity index (χ4v) is 5.16. The first-order valence-electron chi connectivity index (χ1n) is 13.4. The van der Waals surface area contributed by atoms with E-state index in [4.69, 9.17) is 16.2 Å². The van der Waals surface area contributed by atoms with Crippen molar-refractivity contribution in [3.05, 3.63) is 100 Å². The predicted molar refractivity (Wildman–Crippen MR) is 154 cm³/mol. The molecule has 0 spiro atoms. The molecule has 0 aromatic heterocycles. The number of carbonyl (C=O) groups is 1. The Balaban J connectivity index is 0.00000506. The molecule has 1 fully saturated rings. The topological polar surface area (TPSA) is 84.8 Å². The lowest BCUT2D eigenvalue weighted by Gasteiger charge is -2.43. The smallest absolute Gasteiger partial charge is 0.418 e. The van der Waals surface area contributed by atoms with Crippen LogP contribution >= 0.6 is 12.4 Å². The third-order valence-corrected chi connectivity index (χ3v) is 7.18. The van der Waals surface area contributed by atoms with Crippen LogP contribution in [0.4, 0.5) is 36.8 Å². The molecule has 1 aliphatic heterocycles. The molecule has 0 aliphatic carbocycles. The third-order valence-electron chi connectivity index (χ3n) is 7.18.